The van der Waals surface area contributed by atoms with Crippen LogP contribution in [0.2, 0.25) is 5.02 Å². The summed E-state index contributed by atoms with van der Waals surface area (Å²) in [6.07, 6.45) is 1.55. The first-order chi connectivity index (χ1) is 19.1. The Morgan fingerprint density at radius 1 is 0.974 bits per heavy atom. The van der Waals surface area contributed by atoms with E-state index in [9.17, 15) is 10.1 Å². The van der Waals surface area contributed by atoms with Gasteiger partial charge in [-0.25, -0.2) is 0 Å². The summed E-state index contributed by atoms with van der Waals surface area (Å²) in [5, 5.41) is 12.4. The molecule has 0 unspecified atom stereocenters. The van der Waals surface area contributed by atoms with Crippen LogP contribution in [0.4, 0.5) is 5.69 Å². The highest BCUT2D eigenvalue weighted by Crippen LogP contribution is 2.38. The number of hydrogen-bond acceptors (Lipinski definition) is 5. The maximum absolute atomic E-state index is 13.2. The lowest BCUT2D eigenvalue weighted by atomic mass is 10.1. The highest BCUT2D eigenvalue weighted by Gasteiger charge is 2.24. The van der Waals surface area contributed by atoms with E-state index in [0.717, 1.165) is 22.0 Å². The number of carbonyl (C=O) groups is 1. The minimum absolute atomic E-state index is 0.0469. The molecule has 1 heterocycles. The summed E-state index contributed by atoms with van der Waals surface area (Å²) < 4.78 is 11.7. The van der Waals surface area contributed by atoms with Crippen LogP contribution in [-0.4, -0.2) is 44.1 Å². The zero-order valence-electron chi connectivity index (χ0n) is 21.6. The quantitative estimate of drug-likeness (QED) is 0.203. The molecule has 1 aliphatic heterocycles. The first-order valence-corrected chi connectivity index (χ1v) is 13.1. The van der Waals surface area contributed by atoms with Crippen molar-refractivity contribution in [2.75, 3.05) is 38.2 Å². The standard InChI is InChI=1S/C32H28ClN3O3/c1-38-30-20-23(19-29(33)31(30)39-22-25-10-7-9-24-8-5-6-13-28(24)25)18-26(21-34)32(37)36-16-14-35(15-17-36)27-11-3-2-4-12-27/h2-13,18-20H,14-17,22H2,1H3/b26-18-. The van der Waals surface area contributed by atoms with E-state index in [1.54, 1.807) is 23.1 Å². The smallest absolute Gasteiger partial charge is 0.264 e. The maximum atomic E-state index is 13.2. The number of nitrogens with zero attached hydrogens (tertiary/aromatic N) is 3. The maximum Gasteiger partial charge on any atom is 0.264 e. The number of fused-ring (bicyclic) bond motifs is 1. The van der Waals surface area contributed by atoms with Gasteiger partial charge in [0, 0.05) is 31.9 Å². The predicted molar refractivity (Wildman–Crippen MR) is 155 cm³/mol. The molecular formula is C32H28ClN3O3. The van der Waals surface area contributed by atoms with Gasteiger partial charge in [0.2, 0.25) is 0 Å². The van der Waals surface area contributed by atoms with Crippen LogP contribution < -0.4 is 14.4 Å². The molecule has 39 heavy (non-hydrogen) atoms. The number of hydrogen-bond donors (Lipinski definition) is 0. The molecule has 5 rings (SSSR count). The number of amides is 1. The van der Waals surface area contributed by atoms with Crippen molar-refractivity contribution in [1.82, 2.24) is 4.90 Å². The van der Waals surface area contributed by atoms with Crippen LogP contribution >= 0.6 is 11.6 Å². The molecule has 0 aliphatic carbocycles. The molecule has 1 fully saturated rings. The molecule has 0 atom stereocenters. The highest BCUT2D eigenvalue weighted by atomic mass is 35.5. The molecule has 1 amide bonds. The zero-order valence-corrected chi connectivity index (χ0v) is 22.4. The summed E-state index contributed by atoms with van der Waals surface area (Å²) in [6.45, 7) is 2.80. The molecule has 4 aromatic carbocycles. The van der Waals surface area contributed by atoms with Gasteiger partial charge in [0.1, 0.15) is 18.2 Å². The number of nitriles is 1. The van der Waals surface area contributed by atoms with Crippen molar-refractivity contribution in [2.24, 2.45) is 0 Å². The minimum Gasteiger partial charge on any atom is -0.493 e. The SMILES string of the molecule is COc1cc(/C=C(/C#N)C(=O)N2CCN(c3ccccc3)CC2)cc(Cl)c1OCc1cccc2ccccc12. The van der Waals surface area contributed by atoms with Gasteiger partial charge in [-0.2, -0.15) is 5.26 Å². The van der Waals surface area contributed by atoms with Crippen LogP contribution in [0.3, 0.4) is 0 Å². The van der Waals surface area contributed by atoms with E-state index in [-0.39, 0.29) is 11.5 Å². The van der Waals surface area contributed by atoms with Crippen LogP contribution in [0.5, 0.6) is 11.5 Å². The average molecular weight is 538 g/mol. The number of para-hydroxylation sites is 1. The first-order valence-electron chi connectivity index (χ1n) is 12.8. The Labute approximate surface area is 233 Å². The van der Waals surface area contributed by atoms with Crippen molar-refractivity contribution in [3.63, 3.8) is 0 Å². The summed E-state index contributed by atoms with van der Waals surface area (Å²) in [5.41, 5.74) is 2.79. The molecule has 7 heteroatoms. The van der Waals surface area contributed by atoms with E-state index in [2.05, 4.69) is 41.3 Å². The van der Waals surface area contributed by atoms with Crippen molar-refractivity contribution in [1.29, 1.82) is 5.26 Å². The Hall–Kier alpha value is -4.47. The highest BCUT2D eigenvalue weighted by molar-refractivity contribution is 6.32. The fraction of sp³-hybridized carbons (Fsp3) is 0.188. The van der Waals surface area contributed by atoms with E-state index in [4.69, 9.17) is 21.1 Å². The monoisotopic (exact) mass is 537 g/mol. The second-order valence-electron chi connectivity index (χ2n) is 9.25. The van der Waals surface area contributed by atoms with Crippen LogP contribution in [0.25, 0.3) is 16.8 Å². The Morgan fingerprint density at radius 2 is 1.69 bits per heavy atom. The number of carbonyl (C=O) groups excluding carboxylic acids is 1. The Kier molecular flexibility index (Phi) is 8.00. The van der Waals surface area contributed by atoms with Gasteiger partial charge in [-0.05, 0) is 52.2 Å². The molecule has 0 aromatic heterocycles. The average Bonchev–Trinajstić information content (AvgIpc) is 2.99. The summed E-state index contributed by atoms with van der Waals surface area (Å²) in [6, 6.07) is 29.8. The predicted octanol–water partition coefficient (Wildman–Crippen LogP) is 6.34. The van der Waals surface area contributed by atoms with Crippen LogP contribution in [-0.2, 0) is 11.4 Å². The van der Waals surface area contributed by atoms with Gasteiger partial charge >= 0.3 is 0 Å². The summed E-state index contributed by atoms with van der Waals surface area (Å²) >= 11 is 6.61. The Bertz CT molecular complexity index is 1550. The third kappa shape index (κ3) is 5.84. The number of halogens is 1. The lowest BCUT2D eigenvalue weighted by Gasteiger charge is -2.36. The van der Waals surface area contributed by atoms with Gasteiger partial charge in [-0.3, -0.25) is 4.79 Å². The van der Waals surface area contributed by atoms with E-state index >= 15 is 0 Å². The first kappa shape index (κ1) is 26.1. The fourth-order valence-corrected chi connectivity index (χ4v) is 5.09. The van der Waals surface area contributed by atoms with Crippen LogP contribution in [0.1, 0.15) is 11.1 Å². The topological polar surface area (TPSA) is 65.8 Å². The second-order valence-corrected chi connectivity index (χ2v) is 9.65. The minimum atomic E-state index is -0.295. The molecule has 0 spiro atoms. The van der Waals surface area contributed by atoms with Crippen molar-refractivity contribution in [2.45, 2.75) is 6.61 Å². The molecule has 196 valence electrons. The molecule has 4 aromatic rings. The van der Waals surface area contributed by atoms with Gasteiger partial charge in [0.05, 0.1) is 12.1 Å². The van der Waals surface area contributed by atoms with Crippen LogP contribution in [0.15, 0.2) is 90.5 Å². The number of methoxy groups -OCH3 is 1. The second kappa shape index (κ2) is 11.9. The molecule has 6 nitrogen and oxygen atoms in total. The molecule has 0 bridgehead atoms. The van der Waals surface area contributed by atoms with Crippen molar-refractivity contribution >= 4 is 40.0 Å². The van der Waals surface area contributed by atoms with E-state index in [0.29, 0.717) is 54.9 Å². The normalized spacial score (nSPS) is 13.7. The number of anilines is 1. The third-order valence-electron chi connectivity index (χ3n) is 6.85. The van der Waals surface area contributed by atoms with Gasteiger partial charge in [0.25, 0.3) is 5.91 Å². The van der Waals surface area contributed by atoms with Gasteiger partial charge in [-0.1, -0.05) is 72.3 Å². The molecule has 0 N–H and O–H groups in total. The lowest BCUT2D eigenvalue weighted by Crippen LogP contribution is -2.49. The number of benzene rings is 4. The summed E-state index contributed by atoms with van der Waals surface area (Å²) in [5.74, 6) is 0.540. The Balaban J connectivity index is 1.31. The van der Waals surface area contributed by atoms with E-state index in [1.807, 2.05) is 42.5 Å². The molecule has 1 saturated heterocycles. The number of rotatable bonds is 7. The van der Waals surface area contributed by atoms with Gasteiger partial charge in [-0.15, -0.1) is 0 Å². The van der Waals surface area contributed by atoms with E-state index in [1.165, 1.54) is 7.11 Å². The van der Waals surface area contributed by atoms with Gasteiger partial charge in [0.15, 0.2) is 11.5 Å². The van der Waals surface area contributed by atoms with Crippen molar-refractivity contribution in [3.8, 4) is 17.6 Å². The summed E-state index contributed by atoms with van der Waals surface area (Å²) in [4.78, 5) is 17.1. The third-order valence-corrected chi connectivity index (χ3v) is 7.13. The van der Waals surface area contributed by atoms with Gasteiger partial charge < -0.3 is 19.3 Å². The van der Waals surface area contributed by atoms with E-state index < -0.39 is 0 Å². The van der Waals surface area contributed by atoms with Crippen molar-refractivity contribution in [3.05, 3.63) is 107 Å². The lowest BCUT2D eigenvalue weighted by molar-refractivity contribution is -0.126. The van der Waals surface area contributed by atoms with Crippen molar-refractivity contribution < 1.29 is 14.3 Å². The summed E-state index contributed by atoms with van der Waals surface area (Å²) in [7, 11) is 1.53. The fourth-order valence-electron chi connectivity index (χ4n) is 4.82. The molecule has 1 aliphatic rings. The molecular weight excluding hydrogens is 510 g/mol. The van der Waals surface area contributed by atoms with Crippen LogP contribution in [0, 0.1) is 11.3 Å². The Morgan fingerprint density at radius 3 is 2.44 bits per heavy atom. The molecule has 0 radical (unpaired) electrons. The zero-order chi connectivity index (χ0) is 27.2. The molecule has 0 saturated carbocycles. The number of piperazine rings is 1. The number of ether oxygens (including phenoxy) is 2. The largest absolute Gasteiger partial charge is 0.493 e.